The van der Waals surface area contributed by atoms with Crippen molar-refractivity contribution in [2.24, 2.45) is 5.92 Å². The zero-order valence-electron chi connectivity index (χ0n) is 12.3. The normalized spacial score (nSPS) is 30.4. The highest BCUT2D eigenvalue weighted by molar-refractivity contribution is 7.85. The summed E-state index contributed by atoms with van der Waals surface area (Å²) in [5, 5.41) is 11.2. The van der Waals surface area contributed by atoms with Crippen LogP contribution in [0.4, 0.5) is 0 Å². The summed E-state index contributed by atoms with van der Waals surface area (Å²) in [6.07, 6.45) is 0.533. The number of benzene rings is 1. The molecule has 0 aliphatic carbocycles. The molecule has 1 aliphatic rings. The molecule has 0 radical (unpaired) electrons. The second kappa shape index (κ2) is 6.24. The van der Waals surface area contributed by atoms with Gasteiger partial charge >= 0.3 is 0 Å². The molecule has 0 saturated carbocycles. The first kappa shape index (κ1) is 15.5. The Kier molecular flexibility index (Phi) is 4.83. The molecule has 1 aromatic rings. The van der Waals surface area contributed by atoms with E-state index in [1.54, 1.807) is 7.11 Å². The van der Waals surface area contributed by atoms with Crippen LogP contribution in [0.2, 0.25) is 0 Å². The Hall–Kier alpha value is -0.910. The van der Waals surface area contributed by atoms with E-state index < -0.39 is 16.4 Å². The van der Waals surface area contributed by atoms with Crippen LogP contribution in [0.3, 0.4) is 0 Å². The average molecular weight is 297 g/mol. The van der Waals surface area contributed by atoms with E-state index in [-0.39, 0.29) is 5.92 Å². The highest BCUT2D eigenvalue weighted by atomic mass is 32.2. The Labute approximate surface area is 123 Å². The second-order valence-electron chi connectivity index (χ2n) is 5.68. The highest BCUT2D eigenvalue weighted by Crippen LogP contribution is 2.38. The van der Waals surface area contributed by atoms with Gasteiger partial charge in [-0.2, -0.15) is 0 Å². The number of methoxy groups -OCH3 is 1. The minimum atomic E-state index is -0.924. The molecule has 1 aliphatic heterocycles. The Bertz CT molecular complexity index is 492. The molecule has 3 unspecified atom stereocenters. The number of hydrogen-bond donors (Lipinski definition) is 1. The van der Waals surface area contributed by atoms with Crippen LogP contribution in [-0.4, -0.2) is 53.5 Å². The zero-order valence-corrected chi connectivity index (χ0v) is 13.2. The van der Waals surface area contributed by atoms with Crippen LogP contribution in [0, 0.1) is 5.92 Å². The van der Waals surface area contributed by atoms with Crippen molar-refractivity contribution < 1.29 is 14.1 Å². The maximum atomic E-state index is 11.9. The molecule has 5 heteroatoms. The topological polar surface area (TPSA) is 49.8 Å². The number of nitrogens with zero attached hydrogens (tertiary/aromatic N) is 1. The predicted octanol–water partition coefficient (Wildman–Crippen LogP) is 1.21. The van der Waals surface area contributed by atoms with E-state index in [0.717, 1.165) is 17.9 Å². The van der Waals surface area contributed by atoms with Gasteiger partial charge in [-0.25, -0.2) is 0 Å². The average Bonchev–Trinajstić information content (AvgIpc) is 2.42. The lowest BCUT2D eigenvalue weighted by molar-refractivity contribution is -0.0304. The van der Waals surface area contributed by atoms with Gasteiger partial charge in [-0.3, -0.25) is 4.21 Å². The fraction of sp³-hybridized carbons (Fsp3) is 0.600. The Morgan fingerprint density at radius 1 is 1.50 bits per heavy atom. The van der Waals surface area contributed by atoms with Crippen molar-refractivity contribution in [1.29, 1.82) is 0 Å². The molecule has 3 atom stereocenters. The van der Waals surface area contributed by atoms with E-state index >= 15 is 0 Å². The molecule has 0 amide bonds. The van der Waals surface area contributed by atoms with Gasteiger partial charge in [0, 0.05) is 34.8 Å². The Morgan fingerprint density at radius 2 is 2.25 bits per heavy atom. The van der Waals surface area contributed by atoms with Crippen molar-refractivity contribution in [1.82, 2.24) is 4.90 Å². The lowest BCUT2D eigenvalue weighted by atomic mass is 9.79. The Morgan fingerprint density at radius 3 is 2.90 bits per heavy atom. The molecule has 0 spiro atoms. The molecular weight excluding hydrogens is 274 g/mol. The van der Waals surface area contributed by atoms with Crippen LogP contribution in [0.15, 0.2) is 24.3 Å². The summed E-state index contributed by atoms with van der Waals surface area (Å²) in [5.41, 5.74) is -0.0624. The molecule has 0 bridgehead atoms. The quantitative estimate of drug-likeness (QED) is 0.908. The SMILES string of the molecule is COc1cccc(C2(O)CCS(=O)CC2CN(C)C)c1. The van der Waals surface area contributed by atoms with Gasteiger partial charge in [0.2, 0.25) is 0 Å². The van der Waals surface area contributed by atoms with Crippen molar-refractivity contribution in [3.8, 4) is 5.75 Å². The summed E-state index contributed by atoms with van der Waals surface area (Å²) < 4.78 is 17.1. The third kappa shape index (κ3) is 3.22. The first-order valence-corrected chi connectivity index (χ1v) is 8.31. The van der Waals surface area contributed by atoms with Crippen LogP contribution in [0.25, 0.3) is 0 Å². The fourth-order valence-electron chi connectivity index (χ4n) is 2.84. The smallest absolute Gasteiger partial charge is 0.119 e. The van der Waals surface area contributed by atoms with Gasteiger partial charge in [-0.1, -0.05) is 12.1 Å². The Balaban J connectivity index is 2.34. The van der Waals surface area contributed by atoms with Gasteiger partial charge < -0.3 is 14.7 Å². The molecule has 1 N–H and O–H groups in total. The lowest BCUT2D eigenvalue weighted by Gasteiger charge is -2.41. The van der Waals surface area contributed by atoms with E-state index in [0.29, 0.717) is 17.9 Å². The maximum absolute atomic E-state index is 11.9. The largest absolute Gasteiger partial charge is 0.497 e. The molecule has 4 nitrogen and oxygen atoms in total. The monoisotopic (exact) mass is 297 g/mol. The van der Waals surface area contributed by atoms with Crippen molar-refractivity contribution in [2.45, 2.75) is 12.0 Å². The van der Waals surface area contributed by atoms with Gasteiger partial charge in [-0.05, 0) is 38.2 Å². The van der Waals surface area contributed by atoms with E-state index in [1.165, 1.54) is 0 Å². The van der Waals surface area contributed by atoms with Crippen LogP contribution >= 0.6 is 0 Å². The summed E-state index contributed by atoms with van der Waals surface area (Å²) in [6, 6.07) is 7.58. The third-order valence-corrected chi connectivity index (χ3v) is 5.36. The first-order valence-electron chi connectivity index (χ1n) is 6.82. The molecule has 1 saturated heterocycles. The molecule has 1 fully saturated rings. The van der Waals surface area contributed by atoms with Crippen molar-refractivity contribution >= 4 is 10.8 Å². The molecule has 1 aromatic carbocycles. The predicted molar refractivity (Wildman–Crippen MR) is 81.4 cm³/mol. The molecule has 1 heterocycles. The van der Waals surface area contributed by atoms with E-state index in [2.05, 4.69) is 0 Å². The van der Waals surface area contributed by atoms with E-state index in [1.807, 2.05) is 43.3 Å². The molecule has 112 valence electrons. The van der Waals surface area contributed by atoms with Crippen LogP contribution in [0.5, 0.6) is 5.75 Å². The minimum Gasteiger partial charge on any atom is -0.497 e. The summed E-state index contributed by atoms with van der Waals surface area (Å²) in [6.45, 7) is 0.722. The molecular formula is C15H23NO3S. The van der Waals surface area contributed by atoms with Crippen molar-refractivity contribution in [2.75, 3.05) is 39.3 Å². The summed E-state index contributed by atoms with van der Waals surface area (Å²) in [7, 11) is 4.74. The number of rotatable bonds is 4. The van der Waals surface area contributed by atoms with Gasteiger partial charge in [-0.15, -0.1) is 0 Å². The molecule has 20 heavy (non-hydrogen) atoms. The third-order valence-electron chi connectivity index (χ3n) is 3.93. The van der Waals surface area contributed by atoms with Gasteiger partial charge in [0.25, 0.3) is 0 Å². The summed E-state index contributed by atoms with van der Waals surface area (Å²) in [5.74, 6) is 1.81. The molecule has 0 aromatic heterocycles. The summed E-state index contributed by atoms with van der Waals surface area (Å²) >= 11 is 0. The minimum absolute atomic E-state index is 0.0285. The van der Waals surface area contributed by atoms with Crippen molar-refractivity contribution in [3.63, 3.8) is 0 Å². The standard InChI is InChI=1S/C15H23NO3S/c1-16(2)10-13-11-20(18)8-7-15(13,17)12-5-4-6-14(9-12)19-3/h4-6,9,13,17H,7-8,10-11H2,1-3H3. The van der Waals surface area contributed by atoms with Crippen LogP contribution in [-0.2, 0) is 16.4 Å². The van der Waals surface area contributed by atoms with Crippen LogP contribution < -0.4 is 4.74 Å². The fourth-order valence-corrected chi connectivity index (χ4v) is 4.37. The van der Waals surface area contributed by atoms with Gasteiger partial charge in [0.1, 0.15) is 5.75 Å². The summed E-state index contributed by atoms with van der Waals surface area (Å²) in [4.78, 5) is 2.04. The lowest BCUT2D eigenvalue weighted by Crippen LogP contribution is -2.48. The van der Waals surface area contributed by atoms with Crippen LogP contribution in [0.1, 0.15) is 12.0 Å². The second-order valence-corrected chi connectivity index (χ2v) is 7.30. The maximum Gasteiger partial charge on any atom is 0.119 e. The number of aliphatic hydroxyl groups is 1. The van der Waals surface area contributed by atoms with E-state index in [9.17, 15) is 9.32 Å². The number of hydrogen-bond acceptors (Lipinski definition) is 4. The van der Waals surface area contributed by atoms with Gasteiger partial charge in [0.05, 0.1) is 12.7 Å². The molecule has 2 rings (SSSR count). The first-order chi connectivity index (χ1) is 9.45. The van der Waals surface area contributed by atoms with E-state index in [4.69, 9.17) is 4.74 Å². The van der Waals surface area contributed by atoms with Gasteiger partial charge in [0.15, 0.2) is 0 Å². The zero-order chi connectivity index (χ0) is 14.8. The number of ether oxygens (including phenoxy) is 1. The van der Waals surface area contributed by atoms with Crippen molar-refractivity contribution in [3.05, 3.63) is 29.8 Å². The highest BCUT2D eigenvalue weighted by Gasteiger charge is 2.43.